The summed E-state index contributed by atoms with van der Waals surface area (Å²) in [7, 11) is 0. The van der Waals surface area contributed by atoms with Crippen molar-refractivity contribution in [3.63, 3.8) is 0 Å². The second kappa shape index (κ2) is 5.56. The number of aryl methyl sites for hydroxylation is 1. The van der Waals surface area contributed by atoms with Gasteiger partial charge in [0.2, 0.25) is 0 Å². The van der Waals surface area contributed by atoms with Crippen LogP contribution in [0.2, 0.25) is 10.2 Å². The maximum atomic E-state index is 6.14. The van der Waals surface area contributed by atoms with Crippen LogP contribution >= 0.6 is 23.2 Å². The van der Waals surface area contributed by atoms with E-state index in [1.54, 1.807) is 4.68 Å². The molecule has 0 aliphatic rings. The van der Waals surface area contributed by atoms with Gasteiger partial charge in [-0.25, -0.2) is 4.68 Å². The molecule has 4 heteroatoms. The molecule has 1 aromatic carbocycles. The lowest BCUT2D eigenvalue weighted by Gasteiger charge is -2.03. The van der Waals surface area contributed by atoms with Gasteiger partial charge in [0.1, 0.15) is 5.15 Å². The van der Waals surface area contributed by atoms with E-state index >= 15 is 0 Å². The van der Waals surface area contributed by atoms with Gasteiger partial charge in [0.15, 0.2) is 0 Å². The van der Waals surface area contributed by atoms with E-state index in [0.717, 1.165) is 29.1 Å². The lowest BCUT2D eigenvalue weighted by atomic mass is 10.2. The number of rotatable bonds is 4. The molecule has 0 spiro atoms. The zero-order chi connectivity index (χ0) is 12.3. The van der Waals surface area contributed by atoms with E-state index in [0.29, 0.717) is 11.7 Å². The molecule has 2 rings (SSSR count). The third-order valence-electron chi connectivity index (χ3n) is 2.51. The molecule has 0 bridgehead atoms. The molecule has 0 aliphatic carbocycles. The molecule has 0 saturated heterocycles. The van der Waals surface area contributed by atoms with E-state index in [2.05, 4.69) is 12.0 Å². The number of nitrogens with zero attached hydrogens (tertiary/aromatic N) is 2. The quantitative estimate of drug-likeness (QED) is 0.813. The Morgan fingerprint density at radius 1 is 1.24 bits per heavy atom. The van der Waals surface area contributed by atoms with E-state index in [4.69, 9.17) is 23.2 Å². The first-order valence-electron chi connectivity index (χ1n) is 5.65. The minimum Gasteiger partial charge on any atom is -0.249 e. The first-order valence-corrected chi connectivity index (χ1v) is 6.41. The molecule has 1 heterocycles. The highest BCUT2D eigenvalue weighted by Crippen LogP contribution is 2.16. The summed E-state index contributed by atoms with van der Waals surface area (Å²) in [5.74, 6) is 0. The van der Waals surface area contributed by atoms with Crippen LogP contribution in [-0.2, 0) is 13.0 Å². The first kappa shape index (κ1) is 12.5. The van der Waals surface area contributed by atoms with Gasteiger partial charge in [0.05, 0.1) is 12.2 Å². The Balaban J connectivity index is 2.18. The molecule has 0 radical (unpaired) electrons. The van der Waals surface area contributed by atoms with Crippen LogP contribution in [0.15, 0.2) is 30.3 Å². The van der Waals surface area contributed by atoms with Gasteiger partial charge in [0, 0.05) is 5.02 Å². The minimum atomic E-state index is 0.656. The summed E-state index contributed by atoms with van der Waals surface area (Å²) in [6.45, 7) is 2.78. The third kappa shape index (κ3) is 3.24. The lowest BCUT2D eigenvalue weighted by Crippen LogP contribution is -2.02. The van der Waals surface area contributed by atoms with Gasteiger partial charge in [-0.15, -0.1) is 0 Å². The average molecular weight is 269 g/mol. The van der Waals surface area contributed by atoms with Crippen LogP contribution in [-0.4, -0.2) is 9.78 Å². The molecule has 1 aromatic heterocycles. The molecule has 0 saturated carbocycles. The van der Waals surface area contributed by atoms with Crippen LogP contribution in [0.4, 0.5) is 0 Å². The molecule has 0 unspecified atom stereocenters. The Morgan fingerprint density at radius 2 is 2.06 bits per heavy atom. The highest BCUT2D eigenvalue weighted by molar-refractivity contribution is 6.30. The fourth-order valence-electron chi connectivity index (χ4n) is 1.74. The van der Waals surface area contributed by atoms with E-state index in [1.807, 2.05) is 30.3 Å². The summed E-state index contributed by atoms with van der Waals surface area (Å²) in [6, 6.07) is 9.67. The maximum Gasteiger partial charge on any atom is 0.127 e. The Hall–Kier alpha value is -0.990. The van der Waals surface area contributed by atoms with E-state index < -0.39 is 0 Å². The standard InChI is InChI=1S/C13H14Cl2N2/c1-2-4-12-8-13(15)17(16-12)9-10-5-3-6-11(14)7-10/h3,5-8H,2,4,9H2,1H3. The van der Waals surface area contributed by atoms with Crippen LogP contribution in [0.25, 0.3) is 0 Å². The zero-order valence-corrected chi connectivity index (χ0v) is 11.2. The smallest absolute Gasteiger partial charge is 0.127 e. The van der Waals surface area contributed by atoms with Gasteiger partial charge >= 0.3 is 0 Å². The molecular formula is C13H14Cl2N2. The van der Waals surface area contributed by atoms with Crippen molar-refractivity contribution in [3.8, 4) is 0 Å². The summed E-state index contributed by atoms with van der Waals surface area (Å²) in [5.41, 5.74) is 2.14. The number of hydrogen-bond donors (Lipinski definition) is 0. The van der Waals surface area contributed by atoms with Crippen LogP contribution in [0.5, 0.6) is 0 Å². The number of aromatic nitrogens is 2. The molecule has 0 N–H and O–H groups in total. The average Bonchev–Trinajstić information content (AvgIpc) is 2.60. The zero-order valence-electron chi connectivity index (χ0n) is 9.66. The van der Waals surface area contributed by atoms with Crippen molar-refractivity contribution in [3.05, 3.63) is 51.8 Å². The highest BCUT2D eigenvalue weighted by Gasteiger charge is 2.06. The highest BCUT2D eigenvalue weighted by atomic mass is 35.5. The number of hydrogen-bond acceptors (Lipinski definition) is 1. The SMILES string of the molecule is CCCc1cc(Cl)n(Cc2cccc(Cl)c2)n1. The van der Waals surface area contributed by atoms with Crippen molar-refractivity contribution in [2.75, 3.05) is 0 Å². The van der Waals surface area contributed by atoms with Crippen molar-refractivity contribution in [1.29, 1.82) is 0 Å². The van der Waals surface area contributed by atoms with Crippen molar-refractivity contribution >= 4 is 23.2 Å². The van der Waals surface area contributed by atoms with Gasteiger partial charge in [0.25, 0.3) is 0 Å². The molecule has 0 aliphatic heterocycles. The summed E-state index contributed by atoms with van der Waals surface area (Å²) in [5, 5.41) is 5.88. The lowest BCUT2D eigenvalue weighted by molar-refractivity contribution is 0.668. The number of halogens is 2. The van der Waals surface area contributed by atoms with Crippen molar-refractivity contribution in [1.82, 2.24) is 9.78 Å². The van der Waals surface area contributed by atoms with Crippen molar-refractivity contribution in [2.24, 2.45) is 0 Å². The Morgan fingerprint density at radius 3 is 2.76 bits per heavy atom. The Bertz CT molecular complexity index is 506. The Kier molecular flexibility index (Phi) is 4.08. The Labute approximate surface area is 111 Å². The summed E-state index contributed by atoms with van der Waals surface area (Å²) >= 11 is 12.1. The molecule has 0 fully saturated rings. The van der Waals surface area contributed by atoms with Crippen LogP contribution in [0.3, 0.4) is 0 Å². The van der Waals surface area contributed by atoms with E-state index in [1.165, 1.54) is 0 Å². The minimum absolute atomic E-state index is 0.656. The summed E-state index contributed by atoms with van der Waals surface area (Å²) in [4.78, 5) is 0. The summed E-state index contributed by atoms with van der Waals surface area (Å²) in [6.07, 6.45) is 2.03. The fraction of sp³-hybridized carbons (Fsp3) is 0.308. The third-order valence-corrected chi connectivity index (χ3v) is 3.05. The maximum absolute atomic E-state index is 6.14. The largest absolute Gasteiger partial charge is 0.249 e. The number of benzene rings is 1. The van der Waals surface area contributed by atoms with Crippen LogP contribution < -0.4 is 0 Å². The molecular weight excluding hydrogens is 255 g/mol. The molecule has 17 heavy (non-hydrogen) atoms. The molecule has 90 valence electrons. The van der Waals surface area contributed by atoms with Gasteiger partial charge in [-0.2, -0.15) is 5.10 Å². The van der Waals surface area contributed by atoms with Crippen LogP contribution in [0.1, 0.15) is 24.6 Å². The summed E-state index contributed by atoms with van der Waals surface area (Å²) < 4.78 is 1.80. The van der Waals surface area contributed by atoms with E-state index in [9.17, 15) is 0 Å². The van der Waals surface area contributed by atoms with Gasteiger partial charge < -0.3 is 0 Å². The van der Waals surface area contributed by atoms with Gasteiger partial charge in [-0.1, -0.05) is 48.7 Å². The molecule has 2 nitrogen and oxygen atoms in total. The fourth-order valence-corrected chi connectivity index (χ4v) is 2.18. The topological polar surface area (TPSA) is 17.8 Å². The normalized spacial score (nSPS) is 10.8. The van der Waals surface area contributed by atoms with Gasteiger partial charge in [-0.05, 0) is 30.2 Å². The molecule has 0 amide bonds. The van der Waals surface area contributed by atoms with E-state index in [-0.39, 0.29) is 0 Å². The van der Waals surface area contributed by atoms with Crippen molar-refractivity contribution in [2.45, 2.75) is 26.3 Å². The second-order valence-electron chi connectivity index (χ2n) is 4.00. The first-order chi connectivity index (χ1) is 8.19. The second-order valence-corrected chi connectivity index (χ2v) is 4.82. The molecule has 2 aromatic rings. The molecule has 0 atom stereocenters. The van der Waals surface area contributed by atoms with Crippen molar-refractivity contribution < 1.29 is 0 Å². The monoisotopic (exact) mass is 268 g/mol. The predicted molar refractivity (Wildman–Crippen MR) is 71.8 cm³/mol. The van der Waals surface area contributed by atoms with Crippen LogP contribution in [0, 0.1) is 0 Å². The van der Waals surface area contributed by atoms with Gasteiger partial charge in [-0.3, -0.25) is 0 Å². The predicted octanol–water partition coefficient (Wildman–Crippen LogP) is 4.19.